The fraction of sp³-hybridized carbons (Fsp3) is 0.318. The third-order valence-electron chi connectivity index (χ3n) is 5.24. The van der Waals surface area contributed by atoms with E-state index in [2.05, 4.69) is 10.8 Å². The molecular formula is C22H21F2NO3. The standard InChI is InChI=1S/C22H21F2NO3/c23-21(24)28-20-8-4-7-16(13-20)17-11-18-9-10-19(12-17)25(18)22(26)27-14-15-5-2-1-3-6-15/h1-8,11,13,18-19,21H,9-10,12,14H2. The van der Waals surface area contributed by atoms with E-state index in [9.17, 15) is 13.6 Å². The molecule has 1 fully saturated rings. The zero-order valence-corrected chi connectivity index (χ0v) is 15.3. The number of benzene rings is 2. The Kier molecular flexibility index (Phi) is 5.28. The SMILES string of the molecule is O=C(OCc1ccccc1)N1C2C=C(c3cccc(OC(F)F)c3)CC1CC2. The summed E-state index contributed by atoms with van der Waals surface area (Å²) in [6.07, 6.45) is 4.20. The number of ether oxygens (including phenoxy) is 2. The van der Waals surface area contributed by atoms with Crippen LogP contribution in [0.4, 0.5) is 13.6 Å². The van der Waals surface area contributed by atoms with Crippen LogP contribution in [0.1, 0.15) is 30.4 Å². The van der Waals surface area contributed by atoms with Crippen LogP contribution in [0.2, 0.25) is 0 Å². The molecule has 28 heavy (non-hydrogen) atoms. The number of carbonyl (C=O) groups excluding carboxylic acids is 1. The number of halogens is 2. The highest BCUT2D eigenvalue weighted by atomic mass is 19.3. The summed E-state index contributed by atoms with van der Waals surface area (Å²) in [4.78, 5) is 14.4. The molecule has 0 radical (unpaired) electrons. The van der Waals surface area contributed by atoms with Gasteiger partial charge >= 0.3 is 12.7 Å². The first kappa shape index (κ1) is 18.5. The van der Waals surface area contributed by atoms with Gasteiger partial charge in [-0.2, -0.15) is 8.78 Å². The van der Waals surface area contributed by atoms with Gasteiger partial charge in [0.2, 0.25) is 0 Å². The molecule has 2 bridgehead atoms. The Morgan fingerprint density at radius 2 is 1.93 bits per heavy atom. The highest BCUT2D eigenvalue weighted by Crippen LogP contribution is 2.39. The zero-order valence-electron chi connectivity index (χ0n) is 15.3. The summed E-state index contributed by atoms with van der Waals surface area (Å²) in [5, 5.41) is 0. The van der Waals surface area contributed by atoms with E-state index in [0.717, 1.165) is 29.5 Å². The monoisotopic (exact) mass is 385 g/mol. The first-order valence-electron chi connectivity index (χ1n) is 9.35. The molecule has 0 saturated carbocycles. The molecule has 0 aliphatic carbocycles. The lowest BCUT2D eigenvalue weighted by Gasteiger charge is -2.33. The van der Waals surface area contributed by atoms with E-state index in [4.69, 9.17) is 4.74 Å². The average Bonchev–Trinajstić information content (AvgIpc) is 2.96. The molecule has 4 nitrogen and oxygen atoms in total. The number of rotatable bonds is 5. The van der Waals surface area contributed by atoms with Gasteiger partial charge < -0.3 is 9.47 Å². The van der Waals surface area contributed by atoms with Crippen LogP contribution in [0.15, 0.2) is 60.7 Å². The molecule has 2 atom stereocenters. The van der Waals surface area contributed by atoms with Crippen molar-refractivity contribution in [3.05, 3.63) is 71.8 Å². The fourth-order valence-electron chi connectivity index (χ4n) is 3.99. The molecule has 2 aromatic carbocycles. The molecule has 4 rings (SSSR count). The number of carbonyl (C=O) groups is 1. The fourth-order valence-corrected chi connectivity index (χ4v) is 3.99. The van der Waals surface area contributed by atoms with Gasteiger partial charge in [-0.15, -0.1) is 0 Å². The maximum atomic E-state index is 12.6. The largest absolute Gasteiger partial charge is 0.445 e. The van der Waals surface area contributed by atoms with Crippen molar-refractivity contribution in [3.8, 4) is 5.75 Å². The molecule has 2 aliphatic rings. The summed E-state index contributed by atoms with van der Waals surface area (Å²) >= 11 is 0. The van der Waals surface area contributed by atoms with Gasteiger partial charge in [0, 0.05) is 6.04 Å². The first-order chi connectivity index (χ1) is 13.6. The van der Waals surface area contributed by atoms with E-state index in [0.29, 0.717) is 6.42 Å². The molecule has 0 spiro atoms. The molecule has 1 saturated heterocycles. The summed E-state index contributed by atoms with van der Waals surface area (Å²) in [5.41, 5.74) is 2.86. The minimum Gasteiger partial charge on any atom is -0.445 e. The van der Waals surface area contributed by atoms with Crippen molar-refractivity contribution in [1.29, 1.82) is 0 Å². The summed E-state index contributed by atoms with van der Waals surface area (Å²) in [7, 11) is 0. The minimum atomic E-state index is -2.85. The molecule has 1 amide bonds. The van der Waals surface area contributed by atoms with Crippen molar-refractivity contribution in [3.63, 3.8) is 0 Å². The summed E-state index contributed by atoms with van der Waals surface area (Å²) < 4.78 is 34.9. The van der Waals surface area contributed by atoms with E-state index in [1.165, 1.54) is 6.07 Å². The van der Waals surface area contributed by atoms with Crippen LogP contribution in [-0.2, 0) is 11.3 Å². The number of amides is 1. The van der Waals surface area contributed by atoms with Crippen LogP contribution in [0.5, 0.6) is 5.75 Å². The quantitative estimate of drug-likeness (QED) is 0.706. The van der Waals surface area contributed by atoms with Gasteiger partial charge in [0.15, 0.2) is 0 Å². The molecule has 146 valence electrons. The number of fused-ring (bicyclic) bond motifs is 2. The Hall–Kier alpha value is -2.89. The second-order valence-corrected chi connectivity index (χ2v) is 7.05. The van der Waals surface area contributed by atoms with Crippen molar-refractivity contribution < 1.29 is 23.0 Å². The third-order valence-corrected chi connectivity index (χ3v) is 5.24. The minimum absolute atomic E-state index is 0.0308. The van der Waals surface area contributed by atoms with Crippen LogP contribution in [0, 0.1) is 0 Å². The molecule has 2 unspecified atom stereocenters. The topological polar surface area (TPSA) is 38.8 Å². The summed E-state index contributed by atoms with van der Waals surface area (Å²) in [5.74, 6) is 0.144. The van der Waals surface area contributed by atoms with E-state index >= 15 is 0 Å². The number of hydrogen-bond acceptors (Lipinski definition) is 3. The van der Waals surface area contributed by atoms with Gasteiger partial charge in [-0.3, -0.25) is 4.90 Å². The van der Waals surface area contributed by atoms with Gasteiger partial charge in [0.05, 0.1) is 6.04 Å². The normalized spacial score (nSPS) is 20.8. The van der Waals surface area contributed by atoms with Crippen molar-refractivity contribution >= 4 is 11.7 Å². The van der Waals surface area contributed by atoms with E-state index in [-0.39, 0.29) is 30.5 Å². The Balaban J connectivity index is 1.45. The van der Waals surface area contributed by atoms with Gasteiger partial charge in [-0.25, -0.2) is 4.79 Å². The average molecular weight is 385 g/mol. The lowest BCUT2D eigenvalue weighted by Crippen LogP contribution is -2.43. The van der Waals surface area contributed by atoms with Crippen LogP contribution >= 0.6 is 0 Å². The van der Waals surface area contributed by atoms with E-state index in [1.807, 2.05) is 41.3 Å². The molecule has 2 aliphatic heterocycles. The smallest absolute Gasteiger partial charge is 0.410 e. The molecule has 6 heteroatoms. The lowest BCUT2D eigenvalue weighted by atomic mass is 9.95. The van der Waals surface area contributed by atoms with Crippen LogP contribution in [0.25, 0.3) is 5.57 Å². The molecule has 2 aromatic rings. The molecule has 0 N–H and O–H groups in total. The van der Waals surface area contributed by atoms with Crippen molar-refractivity contribution in [2.24, 2.45) is 0 Å². The lowest BCUT2D eigenvalue weighted by molar-refractivity contribution is -0.0498. The Bertz CT molecular complexity index is 869. The second-order valence-electron chi connectivity index (χ2n) is 7.05. The highest BCUT2D eigenvalue weighted by molar-refractivity contribution is 5.75. The maximum absolute atomic E-state index is 12.6. The molecule has 0 aromatic heterocycles. The van der Waals surface area contributed by atoms with E-state index < -0.39 is 6.61 Å². The Morgan fingerprint density at radius 1 is 1.11 bits per heavy atom. The van der Waals surface area contributed by atoms with Crippen LogP contribution < -0.4 is 4.74 Å². The van der Waals surface area contributed by atoms with Gasteiger partial charge in [-0.1, -0.05) is 48.5 Å². The van der Waals surface area contributed by atoms with Gasteiger partial charge in [-0.05, 0) is 48.1 Å². The molecule has 2 heterocycles. The zero-order chi connectivity index (χ0) is 19.5. The van der Waals surface area contributed by atoms with Gasteiger partial charge in [0.25, 0.3) is 0 Å². The highest BCUT2D eigenvalue weighted by Gasteiger charge is 2.40. The Morgan fingerprint density at radius 3 is 2.68 bits per heavy atom. The van der Waals surface area contributed by atoms with Crippen LogP contribution in [0.3, 0.4) is 0 Å². The number of alkyl halides is 2. The van der Waals surface area contributed by atoms with E-state index in [1.54, 1.807) is 12.1 Å². The molecular weight excluding hydrogens is 364 g/mol. The third kappa shape index (κ3) is 4.01. The maximum Gasteiger partial charge on any atom is 0.410 e. The van der Waals surface area contributed by atoms with Gasteiger partial charge in [0.1, 0.15) is 12.4 Å². The first-order valence-corrected chi connectivity index (χ1v) is 9.35. The summed E-state index contributed by atoms with van der Waals surface area (Å²) in [6, 6.07) is 16.3. The Labute approximate surface area is 162 Å². The van der Waals surface area contributed by atoms with Crippen molar-refractivity contribution in [2.45, 2.75) is 44.6 Å². The predicted octanol–water partition coefficient (Wildman–Crippen LogP) is 5.24. The number of nitrogens with zero attached hydrogens (tertiary/aromatic N) is 1. The summed E-state index contributed by atoms with van der Waals surface area (Å²) in [6.45, 7) is -2.60. The van der Waals surface area contributed by atoms with Crippen molar-refractivity contribution in [2.75, 3.05) is 0 Å². The van der Waals surface area contributed by atoms with Crippen LogP contribution in [-0.4, -0.2) is 29.7 Å². The second kappa shape index (κ2) is 8.00. The predicted molar refractivity (Wildman–Crippen MR) is 101 cm³/mol. The van der Waals surface area contributed by atoms with Crippen molar-refractivity contribution in [1.82, 2.24) is 4.90 Å². The number of hydrogen-bond donors (Lipinski definition) is 0.